The summed E-state index contributed by atoms with van der Waals surface area (Å²) in [5.41, 5.74) is 0. The van der Waals surface area contributed by atoms with E-state index in [1.54, 1.807) is 19.9 Å². The van der Waals surface area contributed by atoms with Crippen LogP contribution in [-0.4, -0.2) is 17.4 Å². The van der Waals surface area contributed by atoms with Crippen LogP contribution in [0.3, 0.4) is 0 Å². The number of hydrogen-bond acceptors (Lipinski definition) is 4. The molecular formula is C6H11NO3. The highest BCUT2D eigenvalue weighted by Crippen LogP contribution is 1.65. The first-order chi connectivity index (χ1) is 4.56. The molecule has 0 saturated carbocycles. The molecule has 0 aromatic rings. The molecule has 0 saturated heterocycles. The van der Waals surface area contributed by atoms with Crippen LogP contribution in [-0.2, 0) is 9.59 Å². The third-order valence-electron chi connectivity index (χ3n) is 0. The van der Waals surface area contributed by atoms with Gasteiger partial charge in [-0.1, -0.05) is 0 Å². The standard InChI is InChI=1S/C3H8O.C2H3N.CO2/c1-3(2)4;1-2-3;2-1-3/h3-4H,1-2H3;1H3;. The highest BCUT2D eigenvalue weighted by Gasteiger charge is 1.69. The molecule has 4 heteroatoms. The molecule has 0 aliphatic carbocycles. The molecule has 0 rings (SSSR count). The summed E-state index contributed by atoms with van der Waals surface area (Å²) in [5.74, 6) is 0. The molecule has 0 amide bonds. The van der Waals surface area contributed by atoms with Crippen molar-refractivity contribution in [2.75, 3.05) is 0 Å². The Hall–Kier alpha value is -1.17. The smallest absolute Gasteiger partial charge is 0.373 e. The maximum absolute atomic E-state index is 8.12. The van der Waals surface area contributed by atoms with Gasteiger partial charge >= 0.3 is 6.15 Å². The molecule has 58 valence electrons. The van der Waals surface area contributed by atoms with Crippen molar-refractivity contribution in [3.05, 3.63) is 0 Å². The van der Waals surface area contributed by atoms with Crippen LogP contribution in [0.5, 0.6) is 0 Å². The molecule has 0 aliphatic heterocycles. The van der Waals surface area contributed by atoms with Crippen LogP contribution in [0.1, 0.15) is 20.8 Å². The summed E-state index contributed by atoms with van der Waals surface area (Å²) in [6.45, 7) is 4.88. The topological polar surface area (TPSA) is 78.2 Å². The number of rotatable bonds is 0. The Kier molecular flexibility index (Phi) is 39.7. The molecule has 0 heterocycles. The van der Waals surface area contributed by atoms with E-state index in [4.69, 9.17) is 20.0 Å². The van der Waals surface area contributed by atoms with E-state index in [0.717, 1.165) is 0 Å². The van der Waals surface area contributed by atoms with Gasteiger partial charge in [-0.05, 0) is 13.8 Å². The number of nitrogens with zero attached hydrogens (tertiary/aromatic N) is 1. The molecule has 0 spiro atoms. The van der Waals surface area contributed by atoms with Crippen molar-refractivity contribution in [3.8, 4) is 6.07 Å². The second-order valence-electron chi connectivity index (χ2n) is 1.40. The van der Waals surface area contributed by atoms with E-state index in [1.165, 1.54) is 6.92 Å². The minimum Gasteiger partial charge on any atom is -0.394 e. The Bertz CT molecular complexity index is 106. The maximum atomic E-state index is 8.12. The van der Waals surface area contributed by atoms with E-state index in [0.29, 0.717) is 0 Å². The number of aliphatic hydroxyl groups excluding tert-OH is 1. The molecule has 10 heavy (non-hydrogen) atoms. The molecule has 4 nitrogen and oxygen atoms in total. The Labute approximate surface area is 60.1 Å². The second kappa shape index (κ2) is 24.9. The van der Waals surface area contributed by atoms with Crippen LogP contribution in [0.4, 0.5) is 0 Å². The van der Waals surface area contributed by atoms with E-state index in [1.807, 2.05) is 0 Å². The van der Waals surface area contributed by atoms with E-state index >= 15 is 0 Å². The Morgan fingerprint density at radius 2 is 1.40 bits per heavy atom. The summed E-state index contributed by atoms with van der Waals surface area (Å²) < 4.78 is 0. The van der Waals surface area contributed by atoms with Crippen LogP contribution >= 0.6 is 0 Å². The van der Waals surface area contributed by atoms with Crippen molar-refractivity contribution in [2.24, 2.45) is 0 Å². The van der Waals surface area contributed by atoms with Gasteiger partial charge in [0.25, 0.3) is 0 Å². The zero-order valence-corrected chi connectivity index (χ0v) is 6.29. The lowest BCUT2D eigenvalue weighted by Gasteiger charge is -1.80. The van der Waals surface area contributed by atoms with Gasteiger partial charge < -0.3 is 5.11 Å². The van der Waals surface area contributed by atoms with Crippen LogP contribution < -0.4 is 0 Å². The van der Waals surface area contributed by atoms with Gasteiger partial charge in [-0.3, -0.25) is 0 Å². The van der Waals surface area contributed by atoms with Crippen molar-refractivity contribution in [1.29, 1.82) is 5.26 Å². The van der Waals surface area contributed by atoms with Crippen molar-refractivity contribution in [3.63, 3.8) is 0 Å². The lowest BCUT2D eigenvalue weighted by atomic mass is 10.5. The minimum atomic E-state index is -0.167. The summed E-state index contributed by atoms with van der Waals surface area (Å²) in [4.78, 5) is 16.2. The SMILES string of the molecule is CC#N.CC(C)O.O=C=O. The molecule has 0 unspecified atom stereocenters. The van der Waals surface area contributed by atoms with E-state index in [9.17, 15) is 0 Å². The fraction of sp³-hybridized carbons (Fsp3) is 0.667. The molecule has 0 aliphatic rings. The van der Waals surface area contributed by atoms with Crippen LogP contribution in [0, 0.1) is 11.3 Å². The van der Waals surface area contributed by atoms with Gasteiger partial charge in [0.15, 0.2) is 0 Å². The molecule has 0 atom stereocenters. The molecule has 0 radical (unpaired) electrons. The summed E-state index contributed by atoms with van der Waals surface area (Å²) in [7, 11) is 0. The van der Waals surface area contributed by atoms with E-state index < -0.39 is 0 Å². The fourth-order valence-electron chi connectivity index (χ4n) is 0. The third-order valence-corrected chi connectivity index (χ3v) is 0. The quantitative estimate of drug-likeness (QED) is 0.532. The first-order valence-corrected chi connectivity index (χ1v) is 2.54. The highest BCUT2D eigenvalue weighted by atomic mass is 16.3. The average molecular weight is 145 g/mol. The molecule has 1 N–H and O–H groups in total. The summed E-state index contributed by atoms with van der Waals surface area (Å²) in [6, 6.07) is 1.75. The van der Waals surface area contributed by atoms with Gasteiger partial charge in [0.1, 0.15) is 0 Å². The molecule has 0 aromatic carbocycles. The van der Waals surface area contributed by atoms with Crippen LogP contribution in [0.15, 0.2) is 0 Å². The second-order valence-corrected chi connectivity index (χ2v) is 1.40. The fourth-order valence-corrected chi connectivity index (χ4v) is 0. The van der Waals surface area contributed by atoms with Gasteiger partial charge in [0.05, 0.1) is 6.07 Å². The normalized spacial score (nSPS) is 5.20. The van der Waals surface area contributed by atoms with Crippen LogP contribution in [0.2, 0.25) is 0 Å². The first-order valence-electron chi connectivity index (χ1n) is 2.54. The third kappa shape index (κ3) is 170. The number of aliphatic hydroxyl groups is 1. The summed E-state index contributed by atoms with van der Waals surface area (Å²) in [5, 5.41) is 15.4. The lowest BCUT2D eigenvalue weighted by molar-refractivity contribution is -0.191. The van der Waals surface area contributed by atoms with Gasteiger partial charge in [0, 0.05) is 13.0 Å². The highest BCUT2D eigenvalue weighted by molar-refractivity contribution is 5.20. The number of carbonyl (C=O) groups excluding carboxylic acids is 2. The van der Waals surface area contributed by atoms with Crippen molar-refractivity contribution in [1.82, 2.24) is 0 Å². The molecule has 0 bridgehead atoms. The largest absolute Gasteiger partial charge is 0.394 e. The van der Waals surface area contributed by atoms with E-state index in [2.05, 4.69) is 0 Å². The average Bonchev–Trinajstić information content (AvgIpc) is 1.65. The zero-order valence-electron chi connectivity index (χ0n) is 6.29. The summed E-state index contributed by atoms with van der Waals surface area (Å²) >= 11 is 0. The van der Waals surface area contributed by atoms with Crippen molar-refractivity contribution >= 4 is 6.15 Å². The van der Waals surface area contributed by atoms with Crippen LogP contribution in [0.25, 0.3) is 0 Å². The monoisotopic (exact) mass is 145 g/mol. The zero-order chi connectivity index (χ0) is 8.99. The first kappa shape index (κ1) is 15.9. The van der Waals surface area contributed by atoms with Gasteiger partial charge in [-0.2, -0.15) is 14.9 Å². The Balaban J connectivity index is -0.0000000750. The predicted molar refractivity (Wildman–Crippen MR) is 33.6 cm³/mol. The van der Waals surface area contributed by atoms with Crippen molar-refractivity contribution < 1.29 is 14.7 Å². The predicted octanol–water partition coefficient (Wildman–Crippen LogP) is 0.333. The van der Waals surface area contributed by atoms with Gasteiger partial charge in [-0.25, -0.2) is 0 Å². The number of hydrogen-bond donors (Lipinski definition) is 1. The molecule has 0 fully saturated rings. The minimum absolute atomic E-state index is 0.167. The maximum Gasteiger partial charge on any atom is 0.373 e. The molecular weight excluding hydrogens is 134 g/mol. The summed E-state index contributed by atoms with van der Waals surface area (Å²) in [6.07, 6.45) is 0.0833. The Morgan fingerprint density at radius 1 is 1.40 bits per heavy atom. The van der Waals surface area contributed by atoms with Crippen molar-refractivity contribution in [2.45, 2.75) is 26.9 Å². The molecule has 0 aromatic heterocycles. The van der Waals surface area contributed by atoms with E-state index in [-0.39, 0.29) is 12.3 Å². The lowest BCUT2D eigenvalue weighted by Crippen LogP contribution is -1.85. The van der Waals surface area contributed by atoms with Gasteiger partial charge in [-0.15, -0.1) is 0 Å². The van der Waals surface area contributed by atoms with Gasteiger partial charge in [0.2, 0.25) is 0 Å². The number of nitriles is 1. The Morgan fingerprint density at radius 3 is 1.40 bits per heavy atom.